The molecule has 0 bridgehead atoms. The maximum Gasteiger partial charge on any atom is 0.323 e. The van der Waals surface area contributed by atoms with Gasteiger partial charge in [-0.1, -0.05) is 6.07 Å². The molecule has 0 fully saturated rings. The highest BCUT2D eigenvalue weighted by molar-refractivity contribution is 5.87. The highest BCUT2D eigenvalue weighted by atomic mass is 16.5. The van der Waals surface area contributed by atoms with E-state index in [0.717, 1.165) is 10.9 Å². The largest absolute Gasteiger partial charge is 0.480 e. The SMILES string of the molecule is Nc1ccc(Oc2cccc3c2ccn3CC(=O)O)nc1. The Kier molecular flexibility index (Phi) is 3.19. The molecule has 0 aliphatic rings. The number of nitrogens with zero attached hydrogens (tertiary/aromatic N) is 2. The number of nitrogen functional groups attached to an aromatic ring is 1. The first kappa shape index (κ1) is 13.0. The van der Waals surface area contributed by atoms with E-state index in [4.69, 9.17) is 15.6 Å². The van der Waals surface area contributed by atoms with Gasteiger partial charge in [-0.3, -0.25) is 4.79 Å². The van der Waals surface area contributed by atoms with Gasteiger partial charge in [-0.15, -0.1) is 0 Å². The molecular formula is C15H13N3O3. The lowest BCUT2D eigenvalue weighted by Gasteiger charge is -2.07. The van der Waals surface area contributed by atoms with Crippen LogP contribution in [0.4, 0.5) is 5.69 Å². The number of anilines is 1. The second kappa shape index (κ2) is 5.16. The molecule has 0 atom stereocenters. The number of ether oxygens (including phenoxy) is 1. The summed E-state index contributed by atoms with van der Waals surface area (Å²) in [5.41, 5.74) is 6.94. The Morgan fingerprint density at radius 3 is 2.86 bits per heavy atom. The Balaban J connectivity index is 1.97. The molecule has 0 aliphatic carbocycles. The fourth-order valence-electron chi connectivity index (χ4n) is 2.13. The molecule has 3 aromatic rings. The third-order valence-electron chi connectivity index (χ3n) is 3.05. The van der Waals surface area contributed by atoms with E-state index >= 15 is 0 Å². The summed E-state index contributed by atoms with van der Waals surface area (Å²) in [6.45, 7) is -0.0902. The minimum atomic E-state index is -0.890. The number of rotatable bonds is 4. The average Bonchev–Trinajstić information content (AvgIpc) is 2.85. The molecule has 0 saturated carbocycles. The molecule has 0 aliphatic heterocycles. The Morgan fingerprint density at radius 1 is 1.29 bits per heavy atom. The van der Waals surface area contributed by atoms with Crippen molar-refractivity contribution in [1.82, 2.24) is 9.55 Å². The smallest absolute Gasteiger partial charge is 0.323 e. The summed E-state index contributed by atoms with van der Waals surface area (Å²) in [7, 11) is 0. The lowest BCUT2D eigenvalue weighted by atomic mass is 10.2. The van der Waals surface area contributed by atoms with Gasteiger partial charge in [-0.2, -0.15) is 0 Å². The van der Waals surface area contributed by atoms with Crippen molar-refractivity contribution in [1.29, 1.82) is 0 Å². The minimum absolute atomic E-state index is 0.0902. The number of hydrogen-bond acceptors (Lipinski definition) is 4. The van der Waals surface area contributed by atoms with Gasteiger partial charge in [0.25, 0.3) is 0 Å². The number of aromatic nitrogens is 2. The topological polar surface area (TPSA) is 90.4 Å². The molecule has 3 N–H and O–H groups in total. The number of carbonyl (C=O) groups is 1. The van der Waals surface area contributed by atoms with Gasteiger partial charge in [0.15, 0.2) is 0 Å². The third kappa shape index (κ3) is 2.64. The standard InChI is InChI=1S/C15H13N3O3/c16-10-4-5-14(17-8-10)21-13-3-1-2-12-11(13)6-7-18(12)9-15(19)20/h1-8H,9,16H2,(H,19,20). The van der Waals surface area contributed by atoms with Crippen LogP contribution in [-0.4, -0.2) is 20.6 Å². The fraction of sp³-hybridized carbons (Fsp3) is 0.0667. The van der Waals surface area contributed by atoms with E-state index in [0.29, 0.717) is 17.3 Å². The molecule has 0 radical (unpaired) electrons. The maximum absolute atomic E-state index is 10.8. The summed E-state index contributed by atoms with van der Waals surface area (Å²) in [4.78, 5) is 14.9. The van der Waals surface area contributed by atoms with Crippen molar-refractivity contribution >= 4 is 22.6 Å². The summed E-state index contributed by atoms with van der Waals surface area (Å²) >= 11 is 0. The summed E-state index contributed by atoms with van der Waals surface area (Å²) in [5.74, 6) is 0.163. The highest BCUT2D eigenvalue weighted by Crippen LogP contribution is 2.30. The number of pyridine rings is 1. The van der Waals surface area contributed by atoms with Gasteiger partial charge in [-0.25, -0.2) is 4.98 Å². The van der Waals surface area contributed by atoms with E-state index in [-0.39, 0.29) is 6.54 Å². The number of benzene rings is 1. The molecule has 6 nitrogen and oxygen atoms in total. The predicted molar refractivity (Wildman–Crippen MR) is 78.3 cm³/mol. The van der Waals surface area contributed by atoms with E-state index in [1.165, 1.54) is 6.20 Å². The van der Waals surface area contributed by atoms with Gasteiger partial charge < -0.3 is 20.1 Å². The molecule has 0 amide bonds. The van der Waals surface area contributed by atoms with Crippen molar-refractivity contribution in [3.05, 3.63) is 48.8 Å². The molecule has 2 heterocycles. The summed E-state index contributed by atoms with van der Waals surface area (Å²) in [5, 5.41) is 9.73. The van der Waals surface area contributed by atoms with Gasteiger partial charge in [0.05, 0.1) is 17.4 Å². The van der Waals surface area contributed by atoms with E-state index in [1.807, 2.05) is 24.3 Å². The van der Waals surface area contributed by atoms with E-state index in [2.05, 4.69) is 4.98 Å². The van der Waals surface area contributed by atoms with Gasteiger partial charge in [0.2, 0.25) is 5.88 Å². The normalized spacial score (nSPS) is 10.7. The van der Waals surface area contributed by atoms with Crippen molar-refractivity contribution in [2.45, 2.75) is 6.54 Å². The van der Waals surface area contributed by atoms with Crippen molar-refractivity contribution in [2.24, 2.45) is 0 Å². The zero-order chi connectivity index (χ0) is 14.8. The molecule has 0 saturated heterocycles. The average molecular weight is 283 g/mol. The molecule has 2 aromatic heterocycles. The molecule has 21 heavy (non-hydrogen) atoms. The molecule has 6 heteroatoms. The minimum Gasteiger partial charge on any atom is -0.480 e. The number of fused-ring (bicyclic) bond motifs is 1. The second-order valence-electron chi connectivity index (χ2n) is 4.56. The van der Waals surface area contributed by atoms with Crippen LogP contribution in [-0.2, 0) is 11.3 Å². The second-order valence-corrected chi connectivity index (χ2v) is 4.56. The van der Waals surface area contributed by atoms with Crippen molar-refractivity contribution in [2.75, 3.05) is 5.73 Å². The van der Waals surface area contributed by atoms with Gasteiger partial charge >= 0.3 is 5.97 Å². The first-order chi connectivity index (χ1) is 10.1. The van der Waals surface area contributed by atoms with Crippen LogP contribution >= 0.6 is 0 Å². The lowest BCUT2D eigenvalue weighted by Crippen LogP contribution is -2.07. The zero-order valence-corrected chi connectivity index (χ0v) is 11.1. The van der Waals surface area contributed by atoms with Crippen molar-refractivity contribution in [3.8, 4) is 11.6 Å². The first-order valence-corrected chi connectivity index (χ1v) is 6.32. The number of carboxylic acids is 1. The van der Waals surface area contributed by atoms with Gasteiger partial charge in [0.1, 0.15) is 12.3 Å². The monoisotopic (exact) mass is 283 g/mol. The Morgan fingerprint density at radius 2 is 2.14 bits per heavy atom. The first-order valence-electron chi connectivity index (χ1n) is 6.32. The number of carboxylic acid groups (broad SMARTS) is 1. The van der Waals surface area contributed by atoms with Crippen molar-refractivity contribution in [3.63, 3.8) is 0 Å². The zero-order valence-electron chi connectivity index (χ0n) is 11.1. The molecule has 3 rings (SSSR count). The highest BCUT2D eigenvalue weighted by Gasteiger charge is 2.09. The van der Waals surface area contributed by atoms with Crippen LogP contribution < -0.4 is 10.5 Å². The van der Waals surface area contributed by atoms with Gasteiger partial charge in [-0.05, 0) is 24.3 Å². The van der Waals surface area contributed by atoms with Crippen LogP contribution in [0.15, 0.2) is 48.8 Å². The molecule has 0 unspecified atom stereocenters. The van der Waals surface area contributed by atoms with Crippen LogP contribution in [0.3, 0.4) is 0 Å². The van der Waals surface area contributed by atoms with Crippen LogP contribution in [0.5, 0.6) is 11.6 Å². The van der Waals surface area contributed by atoms with Crippen LogP contribution in [0.2, 0.25) is 0 Å². The Bertz CT molecular complexity index is 794. The van der Waals surface area contributed by atoms with E-state index < -0.39 is 5.97 Å². The van der Waals surface area contributed by atoms with Gasteiger partial charge in [0, 0.05) is 17.6 Å². The molecule has 106 valence electrons. The number of nitrogens with two attached hydrogens (primary N) is 1. The maximum atomic E-state index is 10.8. The quantitative estimate of drug-likeness (QED) is 0.767. The molecular weight excluding hydrogens is 270 g/mol. The Labute approximate surface area is 120 Å². The summed E-state index contributed by atoms with van der Waals surface area (Å²) in [6.07, 6.45) is 3.24. The number of hydrogen-bond donors (Lipinski definition) is 2. The van der Waals surface area contributed by atoms with Crippen molar-refractivity contribution < 1.29 is 14.6 Å². The Hall–Kier alpha value is -3.02. The van der Waals surface area contributed by atoms with Crippen LogP contribution in [0, 0.1) is 0 Å². The van der Waals surface area contributed by atoms with E-state index in [1.54, 1.807) is 22.9 Å². The summed E-state index contributed by atoms with van der Waals surface area (Å²) < 4.78 is 7.39. The summed E-state index contributed by atoms with van der Waals surface area (Å²) in [6, 6.07) is 10.7. The number of aliphatic carboxylic acids is 1. The van der Waals surface area contributed by atoms with E-state index in [9.17, 15) is 4.79 Å². The predicted octanol–water partition coefficient (Wildman–Crippen LogP) is 2.50. The van der Waals surface area contributed by atoms with Crippen LogP contribution in [0.25, 0.3) is 10.9 Å². The van der Waals surface area contributed by atoms with Crippen LogP contribution in [0.1, 0.15) is 0 Å². The lowest BCUT2D eigenvalue weighted by molar-refractivity contribution is -0.137. The third-order valence-corrected chi connectivity index (χ3v) is 3.05. The fourth-order valence-corrected chi connectivity index (χ4v) is 2.13. The molecule has 1 aromatic carbocycles. The molecule has 0 spiro atoms.